The number of hydrogen-bond donors (Lipinski definition) is 2. The summed E-state index contributed by atoms with van der Waals surface area (Å²) in [5.74, 6) is 0. The number of carbonyl (C=O) groups excluding carboxylic acids is 1. The van der Waals surface area contributed by atoms with Gasteiger partial charge in [0, 0.05) is 23.5 Å². The third-order valence-electron chi connectivity index (χ3n) is 4.60. The van der Waals surface area contributed by atoms with Gasteiger partial charge >= 0.3 is 18.4 Å². The van der Waals surface area contributed by atoms with Crippen molar-refractivity contribution in [3.05, 3.63) is 46.8 Å². The van der Waals surface area contributed by atoms with Crippen molar-refractivity contribution in [1.29, 1.82) is 0 Å². The van der Waals surface area contributed by atoms with E-state index in [9.17, 15) is 31.1 Å². The van der Waals surface area contributed by atoms with E-state index in [-0.39, 0.29) is 24.3 Å². The van der Waals surface area contributed by atoms with Gasteiger partial charge in [0.1, 0.15) is 0 Å². The minimum Gasteiger partial charge on any atom is -0.336 e. The van der Waals surface area contributed by atoms with E-state index in [1.54, 1.807) is 0 Å². The van der Waals surface area contributed by atoms with E-state index in [2.05, 4.69) is 15.7 Å². The monoisotopic (exact) mass is 420 g/mol. The van der Waals surface area contributed by atoms with Crippen LogP contribution in [0.5, 0.6) is 0 Å². The van der Waals surface area contributed by atoms with Crippen molar-refractivity contribution in [2.24, 2.45) is 0 Å². The molecule has 0 aliphatic heterocycles. The second-order valence-corrected chi connectivity index (χ2v) is 6.66. The molecule has 29 heavy (non-hydrogen) atoms. The molecule has 0 bridgehead atoms. The molecule has 1 aliphatic rings. The van der Waals surface area contributed by atoms with Gasteiger partial charge in [-0.3, -0.25) is 4.68 Å². The molecule has 2 aromatic rings. The first kappa shape index (κ1) is 21.0. The smallest absolute Gasteiger partial charge is 0.336 e. The molecule has 158 valence electrons. The maximum absolute atomic E-state index is 13.2. The van der Waals surface area contributed by atoms with Crippen LogP contribution in [0, 0.1) is 0 Å². The van der Waals surface area contributed by atoms with E-state index in [1.165, 1.54) is 4.68 Å². The van der Waals surface area contributed by atoms with E-state index in [0.717, 1.165) is 30.7 Å². The molecule has 5 nitrogen and oxygen atoms in total. The number of amides is 2. The number of aromatic nitrogens is 2. The summed E-state index contributed by atoms with van der Waals surface area (Å²) in [4.78, 5) is 11.9. The Kier molecular flexibility index (Phi) is 5.76. The number of alkyl halides is 6. The van der Waals surface area contributed by atoms with Gasteiger partial charge in [0.25, 0.3) is 0 Å². The minimum atomic E-state index is -4.53. The second kappa shape index (κ2) is 7.96. The SMILES string of the molecule is O=C(NCCn1nc(C(F)(F)F)c2c1CCCC2)Nc1ccc(C(F)(F)F)cc1. The number of halogens is 6. The number of carbonyl (C=O) groups is 1. The van der Waals surface area contributed by atoms with Gasteiger partial charge in [-0.25, -0.2) is 4.79 Å². The predicted octanol–water partition coefficient (Wildman–Crippen LogP) is 4.62. The molecule has 0 radical (unpaired) electrons. The fourth-order valence-corrected chi connectivity index (χ4v) is 3.28. The molecule has 1 aliphatic carbocycles. The highest BCUT2D eigenvalue weighted by Crippen LogP contribution is 2.35. The Balaban J connectivity index is 1.57. The molecule has 1 aromatic carbocycles. The molecule has 0 saturated heterocycles. The first-order valence-electron chi connectivity index (χ1n) is 8.93. The number of urea groups is 1. The molecule has 0 saturated carbocycles. The van der Waals surface area contributed by atoms with Crippen LogP contribution in [0.15, 0.2) is 24.3 Å². The van der Waals surface area contributed by atoms with E-state index in [1.807, 2.05) is 0 Å². The summed E-state index contributed by atoms with van der Waals surface area (Å²) in [6.07, 6.45) is -6.73. The fraction of sp³-hybridized carbons (Fsp3) is 0.444. The maximum Gasteiger partial charge on any atom is 0.435 e. The van der Waals surface area contributed by atoms with Gasteiger partial charge in [-0.2, -0.15) is 31.4 Å². The van der Waals surface area contributed by atoms with Crippen LogP contribution in [0.1, 0.15) is 35.4 Å². The zero-order valence-corrected chi connectivity index (χ0v) is 15.1. The van der Waals surface area contributed by atoms with Gasteiger partial charge in [0.05, 0.1) is 12.1 Å². The molecule has 0 fully saturated rings. The second-order valence-electron chi connectivity index (χ2n) is 6.66. The standard InChI is InChI=1S/C18H18F6N4O/c19-17(20,21)11-5-7-12(8-6-11)26-16(29)25-9-10-28-14-4-2-1-3-13(14)15(27-28)18(22,23)24/h5-8H,1-4,9-10H2,(H2,25,26,29). The van der Waals surface area contributed by atoms with Crippen molar-refractivity contribution in [3.63, 3.8) is 0 Å². The number of hydrogen-bond acceptors (Lipinski definition) is 2. The number of nitrogens with one attached hydrogen (secondary N) is 2. The summed E-state index contributed by atoms with van der Waals surface area (Å²) in [5, 5.41) is 8.53. The molecule has 1 heterocycles. The fourth-order valence-electron chi connectivity index (χ4n) is 3.28. The lowest BCUT2D eigenvalue weighted by molar-refractivity contribution is -0.142. The lowest BCUT2D eigenvalue weighted by atomic mass is 9.95. The number of fused-ring (bicyclic) bond motifs is 1. The summed E-state index contributed by atoms with van der Waals surface area (Å²) in [7, 11) is 0. The summed E-state index contributed by atoms with van der Waals surface area (Å²) in [6, 6.07) is 3.22. The zero-order chi connectivity index (χ0) is 21.2. The van der Waals surface area contributed by atoms with Crippen LogP contribution in [0.4, 0.5) is 36.8 Å². The highest BCUT2D eigenvalue weighted by atomic mass is 19.4. The van der Waals surface area contributed by atoms with E-state index >= 15 is 0 Å². The van der Waals surface area contributed by atoms with Gasteiger partial charge < -0.3 is 10.6 Å². The maximum atomic E-state index is 13.2. The normalized spacial score (nSPS) is 14.4. The molecule has 0 spiro atoms. The van der Waals surface area contributed by atoms with Crippen LogP contribution in [0.3, 0.4) is 0 Å². The number of nitrogens with zero attached hydrogens (tertiary/aromatic N) is 2. The lowest BCUT2D eigenvalue weighted by Gasteiger charge is -2.15. The Morgan fingerprint density at radius 2 is 1.66 bits per heavy atom. The summed E-state index contributed by atoms with van der Waals surface area (Å²) in [5.41, 5.74) is -0.799. The third-order valence-corrected chi connectivity index (χ3v) is 4.60. The summed E-state index contributed by atoms with van der Waals surface area (Å²) >= 11 is 0. The average Bonchev–Trinajstić information content (AvgIpc) is 3.01. The highest BCUT2D eigenvalue weighted by Gasteiger charge is 2.39. The van der Waals surface area contributed by atoms with Crippen LogP contribution < -0.4 is 10.6 Å². The van der Waals surface area contributed by atoms with Crippen molar-refractivity contribution in [2.75, 3.05) is 11.9 Å². The Morgan fingerprint density at radius 3 is 2.28 bits per heavy atom. The van der Waals surface area contributed by atoms with Crippen LogP contribution in [0.2, 0.25) is 0 Å². The average molecular weight is 420 g/mol. The molecule has 1 aromatic heterocycles. The lowest BCUT2D eigenvalue weighted by Crippen LogP contribution is -2.32. The van der Waals surface area contributed by atoms with E-state index in [4.69, 9.17) is 0 Å². The number of benzene rings is 1. The molecule has 11 heteroatoms. The van der Waals surface area contributed by atoms with Crippen molar-refractivity contribution >= 4 is 11.7 Å². The van der Waals surface area contributed by atoms with Crippen molar-refractivity contribution in [1.82, 2.24) is 15.1 Å². The Hall–Kier alpha value is -2.72. The molecular formula is C18H18F6N4O. The number of anilines is 1. The Labute approximate surface area is 162 Å². The summed E-state index contributed by atoms with van der Waals surface area (Å²) < 4.78 is 78.3. The van der Waals surface area contributed by atoms with Gasteiger partial charge in [-0.05, 0) is 49.9 Å². The minimum absolute atomic E-state index is 0.0118. The third kappa shape index (κ3) is 5.01. The van der Waals surface area contributed by atoms with Crippen LogP contribution >= 0.6 is 0 Å². The Bertz CT molecular complexity index is 870. The molecule has 2 amide bonds. The quantitative estimate of drug-likeness (QED) is 0.710. The summed E-state index contributed by atoms with van der Waals surface area (Å²) in [6.45, 7) is 0.0662. The molecule has 0 unspecified atom stereocenters. The van der Waals surface area contributed by atoms with E-state index in [0.29, 0.717) is 25.0 Å². The number of rotatable bonds is 4. The molecule has 3 rings (SSSR count). The first-order valence-corrected chi connectivity index (χ1v) is 8.93. The van der Waals surface area contributed by atoms with E-state index < -0.39 is 29.6 Å². The van der Waals surface area contributed by atoms with Crippen LogP contribution in [-0.2, 0) is 31.7 Å². The van der Waals surface area contributed by atoms with Crippen LogP contribution in [0.25, 0.3) is 0 Å². The predicted molar refractivity (Wildman–Crippen MR) is 92.3 cm³/mol. The van der Waals surface area contributed by atoms with Gasteiger partial charge in [-0.1, -0.05) is 0 Å². The largest absolute Gasteiger partial charge is 0.435 e. The van der Waals surface area contributed by atoms with Gasteiger partial charge in [-0.15, -0.1) is 0 Å². The van der Waals surface area contributed by atoms with Crippen LogP contribution in [-0.4, -0.2) is 22.4 Å². The topological polar surface area (TPSA) is 59.0 Å². The first-order chi connectivity index (χ1) is 13.6. The van der Waals surface area contributed by atoms with Crippen molar-refractivity contribution < 1.29 is 31.1 Å². The molecule has 2 N–H and O–H groups in total. The van der Waals surface area contributed by atoms with Gasteiger partial charge in [0.2, 0.25) is 0 Å². The van der Waals surface area contributed by atoms with Gasteiger partial charge in [0.15, 0.2) is 5.69 Å². The van der Waals surface area contributed by atoms with Crippen molar-refractivity contribution in [2.45, 2.75) is 44.6 Å². The Morgan fingerprint density at radius 1 is 1.00 bits per heavy atom. The van der Waals surface area contributed by atoms with Crippen molar-refractivity contribution in [3.8, 4) is 0 Å². The molecule has 0 atom stereocenters. The molecular weight excluding hydrogens is 402 g/mol. The highest BCUT2D eigenvalue weighted by molar-refractivity contribution is 5.89. The zero-order valence-electron chi connectivity index (χ0n) is 15.1.